The summed E-state index contributed by atoms with van der Waals surface area (Å²) in [5.41, 5.74) is 1.02. The normalized spacial score (nSPS) is 10.8. The Morgan fingerprint density at radius 1 is 1.00 bits per heavy atom. The van der Waals surface area contributed by atoms with Crippen LogP contribution in [0.5, 0.6) is 0 Å². The maximum atomic E-state index is 12.6. The van der Waals surface area contributed by atoms with Crippen LogP contribution in [0.2, 0.25) is 0 Å². The topological polar surface area (TPSA) is 77.8 Å². The fourth-order valence-corrected chi connectivity index (χ4v) is 2.43. The number of anilines is 3. The number of carbonyl (C=O) groups excluding carboxylic acids is 1. The lowest BCUT2D eigenvalue weighted by Gasteiger charge is -2.11. The van der Waals surface area contributed by atoms with Gasteiger partial charge in [-0.15, -0.1) is 0 Å². The molecule has 0 saturated heterocycles. The highest BCUT2D eigenvalue weighted by molar-refractivity contribution is 6.05. The summed E-state index contributed by atoms with van der Waals surface area (Å²) in [4.78, 5) is 16.4. The smallest absolute Gasteiger partial charge is 0.354 e. The maximum Gasteiger partial charge on any atom is 0.416 e. The van der Waals surface area contributed by atoms with Crippen molar-refractivity contribution >= 4 is 23.0 Å². The Hall–Kier alpha value is -3.86. The van der Waals surface area contributed by atoms with Crippen LogP contribution in [0.15, 0.2) is 67.0 Å². The molecular formula is C20H13F3N4O. The SMILES string of the molecule is N#Cc1ccccc1NC(=O)c1cncc(Nc2ccc(C(F)(F)F)cc2)c1. The molecule has 1 heterocycles. The maximum absolute atomic E-state index is 12.6. The molecule has 2 aromatic carbocycles. The number of nitrogens with zero attached hydrogens (tertiary/aromatic N) is 2. The summed E-state index contributed by atoms with van der Waals surface area (Å²) in [7, 11) is 0. The molecule has 0 aliphatic carbocycles. The Morgan fingerprint density at radius 3 is 2.39 bits per heavy atom. The van der Waals surface area contributed by atoms with Crippen molar-refractivity contribution in [2.75, 3.05) is 10.6 Å². The first kappa shape index (κ1) is 18.9. The van der Waals surface area contributed by atoms with Gasteiger partial charge in [0.1, 0.15) is 6.07 Å². The molecule has 0 bridgehead atoms. The van der Waals surface area contributed by atoms with E-state index in [2.05, 4.69) is 15.6 Å². The first-order chi connectivity index (χ1) is 13.4. The minimum Gasteiger partial charge on any atom is -0.354 e. The zero-order valence-corrected chi connectivity index (χ0v) is 14.3. The highest BCUT2D eigenvalue weighted by atomic mass is 19.4. The van der Waals surface area contributed by atoms with Crippen LogP contribution in [0.4, 0.5) is 30.2 Å². The molecule has 5 nitrogen and oxygen atoms in total. The number of para-hydroxylation sites is 1. The van der Waals surface area contributed by atoms with Crippen molar-refractivity contribution in [1.82, 2.24) is 4.98 Å². The minimum atomic E-state index is -4.40. The van der Waals surface area contributed by atoms with Gasteiger partial charge in [-0.25, -0.2) is 0 Å². The Labute approximate surface area is 158 Å². The molecule has 1 amide bonds. The first-order valence-electron chi connectivity index (χ1n) is 8.06. The summed E-state index contributed by atoms with van der Waals surface area (Å²) in [5.74, 6) is -0.466. The van der Waals surface area contributed by atoms with E-state index in [4.69, 9.17) is 5.26 Å². The second-order valence-electron chi connectivity index (χ2n) is 5.77. The molecule has 3 aromatic rings. The monoisotopic (exact) mass is 382 g/mol. The van der Waals surface area contributed by atoms with Gasteiger partial charge in [-0.1, -0.05) is 12.1 Å². The first-order valence-corrected chi connectivity index (χ1v) is 8.06. The summed E-state index contributed by atoms with van der Waals surface area (Å²) >= 11 is 0. The van der Waals surface area contributed by atoms with Crippen molar-refractivity contribution < 1.29 is 18.0 Å². The molecule has 2 N–H and O–H groups in total. The number of alkyl halides is 3. The lowest BCUT2D eigenvalue weighted by molar-refractivity contribution is -0.137. The molecule has 0 atom stereocenters. The van der Waals surface area contributed by atoms with Crippen molar-refractivity contribution in [2.24, 2.45) is 0 Å². The second kappa shape index (κ2) is 7.80. The zero-order valence-electron chi connectivity index (χ0n) is 14.3. The van der Waals surface area contributed by atoms with Crippen LogP contribution < -0.4 is 10.6 Å². The van der Waals surface area contributed by atoms with E-state index in [1.165, 1.54) is 30.6 Å². The number of pyridine rings is 1. The van der Waals surface area contributed by atoms with Gasteiger partial charge < -0.3 is 10.6 Å². The zero-order chi connectivity index (χ0) is 20.1. The predicted octanol–water partition coefficient (Wildman–Crippen LogP) is 4.97. The van der Waals surface area contributed by atoms with Crippen LogP contribution in [0.3, 0.4) is 0 Å². The molecule has 28 heavy (non-hydrogen) atoms. The Bertz CT molecular complexity index is 1040. The molecule has 0 aliphatic rings. The molecule has 140 valence electrons. The van der Waals surface area contributed by atoms with Gasteiger partial charge in [0.05, 0.1) is 34.3 Å². The van der Waals surface area contributed by atoms with Crippen LogP contribution >= 0.6 is 0 Å². The van der Waals surface area contributed by atoms with Gasteiger partial charge in [0, 0.05) is 11.9 Å². The van der Waals surface area contributed by atoms with E-state index in [0.717, 1.165) is 12.1 Å². The number of amides is 1. The van der Waals surface area contributed by atoms with Crippen molar-refractivity contribution in [3.8, 4) is 6.07 Å². The van der Waals surface area contributed by atoms with Gasteiger partial charge in [0.25, 0.3) is 5.91 Å². The minimum absolute atomic E-state index is 0.227. The van der Waals surface area contributed by atoms with Crippen LogP contribution in [-0.2, 0) is 6.18 Å². The number of aromatic nitrogens is 1. The van der Waals surface area contributed by atoms with E-state index in [1.807, 2.05) is 6.07 Å². The Morgan fingerprint density at radius 2 is 1.71 bits per heavy atom. The van der Waals surface area contributed by atoms with E-state index in [9.17, 15) is 18.0 Å². The number of hydrogen-bond acceptors (Lipinski definition) is 4. The molecule has 0 aliphatic heterocycles. The standard InChI is InChI=1S/C20H13F3N4O/c21-20(22,23)15-5-7-16(8-6-15)26-17-9-14(11-25-12-17)19(28)27-18-4-2-1-3-13(18)10-24/h1-9,11-12,26H,(H,27,28). The summed E-state index contributed by atoms with van der Waals surface area (Å²) in [5, 5.41) is 14.6. The van der Waals surface area contributed by atoms with Crippen LogP contribution in [0.25, 0.3) is 0 Å². The van der Waals surface area contributed by atoms with Crippen molar-refractivity contribution in [2.45, 2.75) is 6.18 Å². The van der Waals surface area contributed by atoms with Gasteiger partial charge >= 0.3 is 6.18 Å². The highest BCUT2D eigenvalue weighted by Crippen LogP contribution is 2.30. The van der Waals surface area contributed by atoms with Crippen LogP contribution in [-0.4, -0.2) is 10.9 Å². The molecule has 3 rings (SSSR count). The van der Waals surface area contributed by atoms with E-state index < -0.39 is 17.6 Å². The number of nitriles is 1. The Kier molecular flexibility index (Phi) is 5.27. The Balaban J connectivity index is 1.75. The van der Waals surface area contributed by atoms with Gasteiger partial charge in [-0.2, -0.15) is 18.4 Å². The summed E-state index contributed by atoms with van der Waals surface area (Å²) < 4.78 is 37.9. The average molecular weight is 382 g/mol. The molecular weight excluding hydrogens is 369 g/mol. The summed E-state index contributed by atoms with van der Waals surface area (Å²) in [6.07, 6.45) is -1.61. The number of hydrogen-bond donors (Lipinski definition) is 2. The molecule has 0 unspecified atom stereocenters. The van der Waals surface area contributed by atoms with E-state index in [0.29, 0.717) is 22.6 Å². The van der Waals surface area contributed by atoms with Crippen LogP contribution in [0, 0.1) is 11.3 Å². The van der Waals surface area contributed by atoms with Gasteiger partial charge in [0.2, 0.25) is 0 Å². The van der Waals surface area contributed by atoms with Crippen molar-refractivity contribution in [1.29, 1.82) is 5.26 Å². The molecule has 0 saturated carbocycles. The third kappa shape index (κ3) is 4.45. The van der Waals surface area contributed by atoms with Crippen molar-refractivity contribution in [3.63, 3.8) is 0 Å². The molecule has 8 heteroatoms. The number of benzene rings is 2. The molecule has 0 spiro atoms. The fraction of sp³-hybridized carbons (Fsp3) is 0.0500. The second-order valence-corrected chi connectivity index (χ2v) is 5.77. The quantitative estimate of drug-likeness (QED) is 0.668. The number of rotatable bonds is 4. The lowest BCUT2D eigenvalue weighted by atomic mass is 10.1. The lowest BCUT2D eigenvalue weighted by Crippen LogP contribution is -2.13. The van der Waals surface area contributed by atoms with E-state index in [1.54, 1.807) is 24.3 Å². The predicted molar refractivity (Wildman–Crippen MR) is 98.1 cm³/mol. The largest absolute Gasteiger partial charge is 0.416 e. The third-order valence-electron chi connectivity index (χ3n) is 3.80. The number of halogens is 3. The van der Waals surface area contributed by atoms with Crippen LogP contribution in [0.1, 0.15) is 21.5 Å². The van der Waals surface area contributed by atoms with Gasteiger partial charge in [-0.05, 0) is 42.5 Å². The molecule has 0 fully saturated rings. The fourth-order valence-electron chi connectivity index (χ4n) is 2.43. The van der Waals surface area contributed by atoms with Gasteiger partial charge in [0.15, 0.2) is 0 Å². The number of carbonyl (C=O) groups is 1. The third-order valence-corrected chi connectivity index (χ3v) is 3.80. The molecule has 0 radical (unpaired) electrons. The van der Waals surface area contributed by atoms with Crippen molar-refractivity contribution in [3.05, 3.63) is 83.7 Å². The number of nitrogens with one attached hydrogen (secondary N) is 2. The van der Waals surface area contributed by atoms with Gasteiger partial charge in [-0.3, -0.25) is 9.78 Å². The summed E-state index contributed by atoms with van der Waals surface area (Å²) in [6, 6.07) is 14.6. The van der Waals surface area contributed by atoms with E-state index >= 15 is 0 Å². The average Bonchev–Trinajstić information content (AvgIpc) is 2.68. The summed E-state index contributed by atoms with van der Waals surface area (Å²) in [6.45, 7) is 0. The highest BCUT2D eigenvalue weighted by Gasteiger charge is 2.29. The van der Waals surface area contributed by atoms with E-state index in [-0.39, 0.29) is 5.56 Å². The molecule has 1 aromatic heterocycles.